The van der Waals surface area contributed by atoms with E-state index >= 15 is 0 Å². The first kappa shape index (κ1) is 17.1. The molecule has 23 heavy (non-hydrogen) atoms. The number of anilines is 1. The molecule has 2 aromatic rings. The van der Waals surface area contributed by atoms with E-state index in [1.54, 1.807) is 0 Å². The van der Waals surface area contributed by atoms with Gasteiger partial charge in [0.25, 0.3) is 5.91 Å². The Kier molecular flexibility index (Phi) is 5.80. The fourth-order valence-corrected chi connectivity index (χ4v) is 2.46. The summed E-state index contributed by atoms with van der Waals surface area (Å²) < 4.78 is 5.58. The van der Waals surface area contributed by atoms with Crippen LogP contribution in [0.1, 0.15) is 42.9 Å². The van der Waals surface area contributed by atoms with Crippen LogP contribution in [0.2, 0.25) is 0 Å². The van der Waals surface area contributed by atoms with Gasteiger partial charge in [-0.25, -0.2) is 0 Å². The molecule has 0 saturated heterocycles. The molecule has 3 heteroatoms. The van der Waals surface area contributed by atoms with E-state index in [1.807, 2.05) is 44.2 Å². The Bertz CT molecular complexity index is 642. The molecule has 0 aliphatic heterocycles. The molecular weight excluding hydrogens is 286 g/mol. The highest BCUT2D eigenvalue weighted by atomic mass is 16.5. The van der Waals surface area contributed by atoms with Crippen LogP contribution in [0.4, 0.5) is 5.69 Å². The molecule has 0 bridgehead atoms. The van der Waals surface area contributed by atoms with Crippen LogP contribution in [-0.4, -0.2) is 12.5 Å². The molecule has 1 amide bonds. The van der Waals surface area contributed by atoms with E-state index in [0.717, 1.165) is 23.2 Å². The molecule has 0 heterocycles. The summed E-state index contributed by atoms with van der Waals surface area (Å²) >= 11 is 0. The molecule has 1 N–H and O–H groups in total. The van der Waals surface area contributed by atoms with Crippen molar-refractivity contribution in [1.82, 2.24) is 0 Å². The van der Waals surface area contributed by atoms with Gasteiger partial charge in [-0.05, 0) is 55.0 Å². The minimum Gasteiger partial charge on any atom is -0.484 e. The molecule has 0 fully saturated rings. The molecule has 1 unspecified atom stereocenters. The zero-order valence-corrected chi connectivity index (χ0v) is 14.3. The van der Waals surface area contributed by atoms with Crippen molar-refractivity contribution in [3.63, 3.8) is 0 Å². The first-order chi connectivity index (χ1) is 11.0. The van der Waals surface area contributed by atoms with Gasteiger partial charge in [0.15, 0.2) is 6.61 Å². The Morgan fingerprint density at radius 3 is 2.26 bits per heavy atom. The number of nitrogens with one attached hydrogen (secondary N) is 1. The monoisotopic (exact) mass is 311 g/mol. The van der Waals surface area contributed by atoms with Crippen molar-refractivity contribution in [2.75, 3.05) is 11.9 Å². The molecule has 0 aliphatic carbocycles. The van der Waals surface area contributed by atoms with Crippen molar-refractivity contribution in [3.8, 4) is 5.75 Å². The molecule has 0 aromatic heterocycles. The minimum absolute atomic E-state index is 0.0104. The number of amides is 1. The molecule has 0 saturated carbocycles. The van der Waals surface area contributed by atoms with Gasteiger partial charge in [0.2, 0.25) is 0 Å². The van der Waals surface area contributed by atoms with Gasteiger partial charge in [0, 0.05) is 5.69 Å². The predicted molar refractivity (Wildman–Crippen MR) is 95.2 cm³/mol. The number of benzene rings is 2. The Morgan fingerprint density at radius 1 is 1.09 bits per heavy atom. The topological polar surface area (TPSA) is 38.3 Å². The first-order valence-corrected chi connectivity index (χ1v) is 8.10. The average molecular weight is 311 g/mol. The highest BCUT2D eigenvalue weighted by molar-refractivity contribution is 5.93. The summed E-state index contributed by atoms with van der Waals surface area (Å²) in [5.74, 6) is 1.11. The maximum Gasteiger partial charge on any atom is 0.262 e. The van der Waals surface area contributed by atoms with Gasteiger partial charge >= 0.3 is 0 Å². The average Bonchev–Trinajstić information content (AvgIpc) is 2.56. The van der Waals surface area contributed by atoms with Crippen LogP contribution in [0.5, 0.6) is 5.75 Å². The summed E-state index contributed by atoms with van der Waals surface area (Å²) in [5.41, 5.74) is 4.26. The van der Waals surface area contributed by atoms with Crippen LogP contribution < -0.4 is 10.1 Å². The van der Waals surface area contributed by atoms with Crippen LogP contribution in [0.3, 0.4) is 0 Å². The van der Waals surface area contributed by atoms with Crippen LogP contribution in [0.15, 0.2) is 42.5 Å². The number of hydrogen-bond donors (Lipinski definition) is 1. The van der Waals surface area contributed by atoms with Gasteiger partial charge in [0.1, 0.15) is 5.75 Å². The van der Waals surface area contributed by atoms with E-state index < -0.39 is 0 Å². The van der Waals surface area contributed by atoms with Crippen molar-refractivity contribution in [1.29, 1.82) is 0 Å². The summed E-state index contributed by atoms with van der Waals surface area (Å²) in [6.45, 7) is 8.35. The lowest BCUT2D eigenvalue weighted by molar-refractivity contribution is -0.118. The lowest BCUT2D eigenvalue weighted by Gasteiger charge is -2.13. The van der Waals surface area contributed by atoms with Crippen molar-refractivity contribution in [2.24, 2.45) is 0 Å². The second-order valence-corrected chi connectivity index (χ2v) is 5.98. The second kappa shape index (κ2) is 7.82. The highest BCUT2D eigenvalue weighted by Gasteiger charge is 2.08. The Hall–Kier alpha value is -2.29. The molecule has 2 aromatic carbocycles. The second-order valence-electron chi connectivity index (χ2n) is 5.98. The maximum atomic E-state index is 12.1. The quantitative estimate of drug-likeness (QED) is 0.829. The van der Waals surface area contributed by atoms with E-state index in [2.05, 4.69) is 31.3 Å². The fourth-order valence-electron chi connectivity index (χ4n) is 2.46. The van der Waals surface area contributed by atoms with E-state index in [-0.39, 0.29) is 12.5 Å². The largest absolute Gasteiger partial charge is 0.484 e. The van der Waals surface area contributed by atoms with Gasteiger partial charge in [-0.3, -0.25) is 4.79 Å². The lowest BCUT2D eigenvalue weighted by atomic mass is 9.99. The summed E-state index contributed by atoms with van der Waals surface area (Å²) in [5, 5.41) is 2.92. The van der Waals surface area contributed by atoms with Gasteiger partial charge in [-0.2, -0.15) is 0 Å². The number of carbonyl (C=O) groups excluding carboxylic acids is 1. The smallest absolute Gasteiger partial charge is 0.262 e. The molecule has 122 valence electrons. The molecule has 0 radical (unpaired) electrons. The van der Waals surface area contributed by atoms with E-state index in [9.17, 15) is 4.79 Å². The third kappa shape index (κ3) is 4.59. The SMILES string of the molecule is CCC(C)c1ccc(OCC(=O)Nc2c(C)cccc2C)cc1. The lowest BCUT2D eigenvalue weighted by Crippen LogP contribution is -2.21. The number of rotatable bonds is 6. The van der Waals surface area contributed by atoms with E-state index in [0.29, 0.717) is 11.7 Å². The maximum absolute atomic E-state index is 12.1. The molecule has 1 atom stereocenters. The zero-order chi connectivity index (χ0) is 16.8. The Labute approximate surface area is 138 Å². The summed E-state index contributed by atoms with van der Waals surface area (Å²) in [4.78, 5) is 12.1. The predicted octanol–water partition coefficient (Wildman–Crippen LogP) is 4.83. The Morgan fingerprint density at radius 2 is 1.70 bits per heavy atom. The standard InChI is InChI=1S/C20H25NO2/c1-5-14(2)17-9-11-18(12-10-17)23-13-19(22)21-20-15(3)7-6-8-16(20)4/h6-12,14H,5,13H2,1-4H3,(H,21,22). The fraction of sp³-hybridized carbons (Fsp3) is 0.350. The third-order valence-corrected chi connectivity index (χ3v) is 4.18. The van der Waals surface area contributed by atoms with Crippen molar-refractivity contribution in [3.05, 3.63) is 59.2 Å². The van der Waals surface area contributed by atoms with E-state index in [4.69, 9.17) is 4.74 Å². The number of carbonyl (C=O) groups is 1. The van der Waals surface area contributed by atoms with Crippen LogP contribution in [-0.2, 0) is 4.79 Å². The summed E-state index contributed by atoms with van der Waals surface area (Å²) in [6.07, 6.45) is 1.11. The van der Waals surface area contributed by atoms with Gasteiger partial charge < -0.3 is 10.1 Å². The highest BCUT2D eigenvalue weighted by Crippen LogP contribution is 2.22. The zero-order valence-electron chi connectivity index (χ0n) is 14.3. The molecular formula is C20H25NO2. The van der Waals surface area contributed by atoms with Gasteiger partial charge in [-0.1, -0.05) is 44.2 Å². The van der Waals surface area contributed by atoms with Crippen molar-refractivity contribution in [2.45, 2.75) is 40.0 Å². The van der Waals surface area contributed by atoms with Crippen LogP contribution in [0, 0.1) is 13.8 Å². The number of ether oxygens (including phenoxy) is 1. The minimum atomic E-state index is -0.145. The van der Waals surface area contributed by atoms with Crippen LogP contribution in [0.25, 0.3) is 0 Å². The molecule has 0 aliphatic rings. The van der Waals surface area contributed by atoms with Crippen molar-refractivity contribution < 1.29 is 9.53 Å². The molecule has 0 spiro atoms. The number of aryl methyl sites for hydroxylation is 2. The Balaban J connectivity index is 1.92. The molecule has 3 nitrogen and oxygen atoms in total. The third-order valence-electron chi connectivity index (χ3n) is 4.18. The van der Waals surface area contributed by atoms with Gasteiger partial charge in [-0.15, -0.1) is 0 Å². The van der Waals surface area contributed by atoms with E-state index in [1.165, 1.54) is 5.56 Å². The summed E-state index contributed by atoms with van der Waals surface area (Å²) in [6, 6.07) is 13.9. The number of hydrogen-bond acceptors (Lipinski definition) is 2. The van der Waals surface area contributed by atoms with Gasteiger partial charge in [0.05, 0.1) is 0 Å². The van der Waals surface area contributed by atoms with Crippen LogP contribution >= 0.6 is 0 Å². The normalized spacial score (nSPS) is 11.8. The number of para-hydroxylation sites is 1. The van der Waals surface area contributed by atoms with Crippen molar-refractivity contribution >= 4 is 11.6 Å². The molecule has 2 rings (SSSR count). The first-order valence-electron chi connectivity index (χ1n) is 8.10. The summed E-state index contributed by atoms with van der Waals surface area (Å²) in [7, 11) is 0.